The van der Waals surface area contributed by atoms with Crippen molar-refractivity contribution in [3.63, 3.8) is 0 Å². The summed E-state index contributed by atoms with van der Waals surface area (Å²) in [5.41, 5.74) is 2.66. The smallest absolute Gasteiger partial charge is 0.315 e. The van der Waals surface area contributed by atoms with E-state index in [1.807, 2.05) is 24.3 Å². The van der Waals surface area contributed by atoms with Crippen LogP contribution in [0.1, 0.15) is 24.5 Å². The summed E-state index contributed by atoms with van der Waals surface area (Å²) in [6.45, 7) is 2.90. The third-order valence-electron chi connectivity index (χ3n) is 3.44. The second-order valence-electron chi connectivity index (χ2n) is 5.60. The van der Waals surface area contributed by atoms with Gasteiger partial charge in [0.15, 0.2) is 0 Å². The molecule has 0 unspecified atom stereocenters. The third kappa shape index (κ3) is 6.57. The lowest BCUT2D eigenvalue weighted by Gasteiger charge is -2.10. The Morgan fingerprint density at radius 2 is 1.73 bits per heavy atom. The highest BCUT2D eigenvalue weighted by Crippen LogP contribution is 2.19. The van der Waals surface area contributed by atoms with Crippen molar-refractivity contribution in [3.8, 4) is 5.75 Å². The summed E-state index contributed by atoms with van der Waals surface area (Å²) in [5, 5.41) is 2.66. The van der Waals surface area contributed by atoms with Crippen molar-refractivity contribution in [2.24, 2.45) is 0 Å². The predicted molar refractivity (Wildman–Crippen MR) is 97.8 cm³/mol. The molecule has 0 radical (unpaired) electrons. The molecule has 1 N–H and O–H groups in total. The van der Waals surface area contributed by atoms with E-state index in [-0.39, 0.29) is 13.0 Å². The normalized spacial score (nSPS) is 10.2. The Balaban J connectivity index is 1.91. The van der Waals surface area contributed by atoms with Gasteiger partial charge >= 0.3 is 5.97 Å². The zero-order chi connectivity index (χ0) is 18.8. The Hall–Kier alpha value is -2.86. The fourth-order valence-corrected chi connectivity index (χ4v) is 2.35. The molecule has 2 aromatic carbocycles. The van der Waals surface area contributed by atoms with Crippen molar-refractivity contribution >= 4 is 17.6 Å². The fourth-order valence-electron chi connectivity index (χ4n) is 2.35. The van der Waals surface area contributed by atoms with Crippen LogP contribution in [0.4, 0.5) is 5.69 Å². The first-order chi connectivity index (χ1) is 12.6. The SMILES string of the molecule is CCOC(=O)CC(=O)Nc1cccc(OCc2cccc(COC)c2)c1. The molecule has 0 aromatic heterocycles. The van der Waals surface area contributed by atoms with Crippen LogP contribution in [0.3, 0.4) is 0 Å². The van der Waals surface area contributed by atoms with E-state index in [1.165, 1.54) is 0 Å². The minimum Gasteiger partial charge on any atom is -0.489 e. The average molecular weight is 357 g/mol. The van der Waals surface area contributed by atoms with Gasteiger partial charge in [-0.15, -0.1) is 0 Å². The molecule has 0 fully saturated rings. The van der Waals surface area contributed by atoms with Crippen LogP contribution in [0.15, 0.2) is 48.5 Å². The van der Waals surface area contributed by atoms with Crippen molar-refractivity contribution in [1.29, 1.82) is 0 Å². The maximum Gasteiger partial charge on any atom is 0.315 e. The number of methoxy groups -OCH3 is 1. The second-order valence-corrected chi connectivity index (χ2v) is 5.60. The molecule has 26 heavy (non-hydrogen) atoms. The molecule has 0 heterocycles. The van der Waals surface area contributed by atoms with E-state index in [4.69, 9.17) is 14.2 Å². The number of esters is 1. The molecular weight excluding hydrogens is 334 g/mol. The number of amides is 1. The molecule has 6 nitrogen and oxygen atoms in total. The van der Waals surface area contributed by atoms with Crippen LogP contribution in [-0.2, 0) is 32.3 Å². The van der Waals surface area contributed by atoms with Crippen LogP contribution < -0.4 is 10.1 Å². The van der Waals surface area contributed by atoms with Crippen molar-refractivity contribution in [2.45, 2.75) is 26.6 Å². The Bertz CT molecular complexity index is 744. The number of carbonyl (C=O) groups is 2. The highest BCUT2D eigenvalue weighted by Gasteiger charge is 2.10. The first kappa shape index (κ1) is 19.5. The summed E-state index contributed by atoms with van der Waals surface area (Å²) in [6.07, 6.45) is -0.314. The van der Waals surface area contributed by atoms with Gasteiger partial charge in [-0.2, -0.15) is 0 Å². The number of hydrogen-bond donors (Lipinski definition) is 1. The van der Waals surface area contributed by atoms with Gasteiger partial charge in [-0.1, -0.05) is 30.3 Å². The molecule has 0 atom stereocenters. The van der Waals surface area contributed by atoms with Crippen molar-refractivity contribution < 1.29 is 23.8 Å². The Morgan fingerprint density at radius 1 is 1.00 bits per heavy atom. The second kappa shape index (κ2) is 10.2. The van der Waals surface area contributed by atoms with E-state index in [0.717, 1.165) is 11.1 Å². The van der Waals surface area contributed by atoms with Crippen LogP contribution in [0.5, 0.6) is 5.75 Å². The standard InChI is InChI=1S/C20H23NO5/c1-3-25-20(23)12-19(22)21-17-8-5-9-18(11-17)26-14-16-7-4-6-15(10-16)13-24-2/h4-11H,3,12-14H2,1-2H3,(H,21,22). The Kier molecular flexibility index (Phi) is 7.64. The number of nitrogens with one attached hydrogen (secondary N) is 1. The molecule has 1 amide bonds. The average Bonchev–Trinajstić information content (AvgIpc) is 2.61. The zero-order valence-corrected chi connectivity index (χ0v) is 15.0. The number of ether oxygens (including phenoxy) is 3. The number of hydrogen-bond acceptors (Lipinski definition) is 5. The van der Waals surface area contributed by atoms with Gasteiger partial charge in [-0.25, -0.2) is 0 Å². The molecule has 0 aliphatic heterocycles. The number of rotatable bonds is 9. The lowest BCUT2D eigenvalue weighted by molar-refractivity contribution is -0.145. The van der Waals surface area contributed by atoms with Crippen LogP contribution in [0, 0.1) is 0 Å². The minimum atomic E-state index is -0.548. The molecule has 138 valence electrons. The van der Waals surface area contributed by atoms with E-state index in [1.54, 1.807) is 38.3 Å². The Morgan fingerprint density at radius 3 is 2.46 bits per heavy atom. The molecule has 0 saturated carbocycles. The quantitative estimate of drug-likeness (QED) is 0.551. The molecule has 0 aliphatic rings. The maximum absolute atomic E-state index is 11.8. The van der Waals surface area contributed by atoms with Crippen LogP contribution >= 0.6 is 0 Å². The summed E-state index contributed by atoms with van der Waals surface area (Å²) < 4.78 is 15.7. The molecule has 2 rings (SSSR count). The van der Waals surface area contributed by atoms with Gasteiger partial charge in [0, 0.05) is 18.9 Å². The van der Waals surface area contributed by atoms with E-state index >= 15 is 0 Å². The number of benzene rings is 2. The van der Waals surface area contributed by atoms with Crippen LogP contribution in [0.2, 0.25) is 0 Å². The molecule has 0 bridgehead atoms. The van der Waals surface area contributed by atoms with Crippen molar-refractivity contribution in [2.75, 3.05) is 19.0 Å². The third-order valence-corrected chi connectivity index (χ3v) is 3.44. The molecule has 0 aliphatic carbocycles. The van der Waals surface area contributed by atoms with E-state index in [0.29, 0.717) is 24.7 Å². The summed E-state index contributed by atoms with van der Waals surface area (Å²) >= 11 is 0. The van der Waals surface area contributed by atoms with Gasteiger partial charge in [-0.3, -0.25) is 9.59 Å². The minimum absolute atomic E-state index is 0.251. The zero-order valence-electron chi connectivity index (χ0n) is 15.0. The summed E-state index contributed by atoms with van der Waals surface area (Å²) in [5.74, 6) is -0.350. The maximum atomic E-state index is 11.8. The monoisotopic (exact) mass is 357 g/mol. The first-order valence-electron chi connectivity index (χ1n) is 8.35. The highest BCUT2D eigenvalue weighted by molar-refractivity contribution is 6.01. The lowest BCUT2D eigenvalue weighted by atomic mass is 10.1. The Labute approximate surface area is 153 Å². The molecule has 2 aromatic rings. The fraction of sp³-hybridized carbons (Fsp3) is 0.300. The number of anilines is 1. The molecule has 0 spiro atoms. The number of carbonyl (C=O) groups excluding carboxylic acids is 2. The predicted octanol–water partition coefficient (Wildman–Crippen LogP) is 3.30. The summed E-state index contributed by atoms with van der Waals surface area (Å²) in [4.78, 5) is 23.2. The lowest BCUT2D eigenvalue weighted by Crippen LogP contribution is -2.18. The van der Waals surface area contributed by atoms with E-state index in [2.05, 4.69) is 5.32 Å². The van der Waals surface area contributed by atoms with Gasteiger partial charge < -0.3 is 19.5 Å². The van der Waals surface area contributed by atoms with Crippen molar-refractivity contribution in [3.05, 3.63) is 59.7 Å². The molecular formula is C20H23NO5. The van der Waals surface area contributed by atoms with Gasteiger partial charge in [0.25, 0.3) is 0 Å². The van der Waals surface area contributed by atoms with Gasteiger partial charge in [0.05, 0.1) is 13.2 Å². The van der Waals surface area contributed by atoms with Crippen LogP contribution in [0.25, 0.3) is 0 Å². The van der Waals surface area contributed by atoms with Gasteiger partial charge in [0.2, 0.25) is 5.91 Å². The highest BCUT2D eigenvalue weighted by atomic mass is 16.5. The molecule has 6 heteroatoms. The van der Waals surface area contributed by atoms with Crippen molar-refractivity contribution in [1.82, 2.24) is 0 Å². The van der Waals surface area contributed by atoms with Crippen LogP contribution in [-0.4, -0.2) is 25.6 Å². The van der Waals surface area contributed by atoms with Gasteiger partial charge in [-0.05, 0) is 30.2 Å². The molecule has 0 saturated heterocycles. The summed E-state index contributed by atoms with van der Waals surface area (Å²) in [7, 11) is 1.66. The van der Waals surface area contributed by atoms with Gasteiger partial charge in [0.1, 0.15) is 18.8 Å². The summed E-state index contributed by atoms with van der Waals surface area (Å²) in [6, 6.07) is 15.0. The first-order valence-corrected chi connectivity index (χ1v) is 8.35. The van der Waals surface area contributed by atoms with E-state index in [9.17, 15) is 9.59 Å². The van der Waals surface area contributed by atoms with E-state index < -0.39 is 11.9 Å². The largest absolute Gasteiger partial charge is 0.489 e. The topological polar surface area (TPSA) is 73.9 Å².